The van der Waals surface area contributed by atoms with Crippen LogP contribution in [0.1, 0.15) is 73.7 Å². The fourth-order valence-electron chi connectivity index (χ4n) is 6.73. The smallest absolute Gasteiger partial charge is 0.255 e. The van der Waals surface area contributed by atoms with Crippen LogP contribution in [0.3, 0.4) is 0 Å². The van der Waals surface area contributed by atoms with Gasteiger partial charge >= 0.3 is 0 Å². The van der Waals surface area contributed by atoms with E-state index in [4.69, 9.17) is 4.74 Å². The number of hydrogen-bond acceptors (Lipinski definition) is 6. The maximum Gasteiger partial charge on any atom is 0.255 e. The molecule has 0 bridgehead atoms. The Balaban J connectivity index is 1.12. The highest BCUT2D eigenvalue weighted by molar-refractivity contribution is 6.05. The van der Waals surface area contributed by atoms with Crippen LogP contribution >= 0.6 is 0 Å². The van der Waals surface area contributed by atoms with E-state index in [-0.39, 0.29) is 29.8 Å². The third kappa shape index (κ3) is 3.81. The largest absolute Gasteiger partial charge is 0.489 e. The molecule has 8 heteroatoms. The molecule has 3 aliphatic heterocycles. The zero-order valence-electron chi connectivity index (χ0n) is 20.0. The highest BCUT2D eigenvalue weighted by Gasteiger charge is 2.51. The summed E-state index contributed by atoms with van der Waals surface area (Å²) in [5, 5.41) is 12.0. The van der Waals surface area contributed by atoms with Gasteiger partial charge in [-0.25, -0.2) is 0 Å². The molecule has 2 saturated carbocycles. The van der Waals surface area contributed by atoms with E-state index < -0.39 is 11.9 Å². The summed E-state index contributed by atoms with van der Waals surface area (Å²) in [5.74, 6) is 0.427. The van der Waals surface area contributed by atoms with Gasteiger partial charge in [-0.05, 0) is 62.3 Å². The summed E-state index contributed by atoms with van der Waals surface area (Å²) in [5.41, 5.74) is 1.40. The zero-order valence-corrected chi connectivity index (χ0v) is 20.0. The average molecular weight is 477 g/mol. The van der Waals surface area contributed by atoms with E-state index in [9.17, 15) is 19.6 Å². The van der Waals surface area contributed by atoms with Crippen LogP contribution < -0.4 is 10.1 Å². The molecule has 2 saturated heterocycles. The van der Waals surface area contributed by atoms with Crippen molar-refractivity contribution in [2.24, 2.45) is 11.3 Å². The van der Waals surface area contributed by atoms with Gasteiger partial charge in [0.15, 0.2) is 0 Å². The van der Waals surface area contributed by atoms with Gasteiger partial charge in [0.25, 0.3) is 5.91 Å². The van der Waals surface area contributed by atoms with Crippen LogP contribution in [0.15, 0.2) is 18.2 Å². The summed E-state index contributed by atoms with van der Waals surface area (Å²) >= 11 is 0. The second kappa shape index (κ2) is 8.63. The molecule has 2 aliphatic carbocycles. The second-order valence-corrected chi connectivity index (χ2v) is 11.0. The number of piperidine rings is 1. The highest BCUT2D eigenvalue weighted by Crippen LogP contribution is 2.50. The predicted molar refractivity (Wildman–Crippen MR) is 126 cm³/mol. The molecule has 3 amide bonds. The van der Waals surface area contributed by atoms with Crippen molar-refractivity contribution in [3.63, 3.8) is 0 Å². The average Bonchev–Trinajstić information content (AvgIpc) is 3.11. The lowest BCUT2D eigenvalue weighted by Crippen LogP contribution is -2.62. The number of amides is 3. The topological polar surface area (TPSA) is 103 Å². The normalized spacial score (nSPS) is 30.7. The summed E-state index contributed by atoms with van der Waals surface area (Å²) in [7, 11) is 0. The number of likely N-dealkylation sites (tertiary alicyclic amines) is 1. The zero-order chi connectivity index (χ0) is 24.2. The number of nitriles is 1. The molecule has 5 aliphatic rings. The first kappa shape index (κ1) is 22.5. The van der Waals surface area contributed by atoms with Crippen LogP contribution in [0.25, 0.3) is 0 Å². The Morgan fingerprint density at radius 2 is 1.86 bits per heavy atom. The van der Waals surface area contributed by atoms with Gasteiger partial charge in [0.1, 0.15) is 17.9 Å². The third-order valence-electron chi connectivity index (χ3n) is 9.08. The molecule has 0 radical (unpaired) electrons. The van der Waals surface area contributed by atoms with E-state index in [2.05, 4.69) is 16.3 Å². The molecular weight excluding hydrogens is 444 g/mol. The lowest BCUT2D eigenvalue weighted by molar-refractivity contribution is -0.136. The highest BCUT2D eigenvalue weighted by atomic mass is 16.5. The van der Waals surface area contributed by atoms with E-state index in [1.54, 1.807) is 4.90 Å². The van der Waals surface area contributed by atoms with Crippen molar-refractivity contribution in [1.29, 1.82) is 5.26 Å². The number of fused-ring (bicyclic) bond motifs is 1. The molecule has 3 atom stereocenters. The maximum absolute atomic E-state index is 13.0. The van der Waals surface area contributed by atoms with E-state index in [1.807, 2.05) is 18.2 Å². The van der Waals surface area contributed by atoms with Crippen LogP contribution in [0.5, 0.6) is 5.75 Å². The van der Waals surface area contributed by atoms with Gasteiger partial charge in [-0.1, -0.05) is 12.8 Å². The molecule has 8 nitrogen and oxygen atoms in total. The number of imide groups is 1. The van der Waals surface area contributed by atoms with Crippen molar-refractivity contribution < 1.29 is 19.1 Å². The van der Waals surface area contributed by atoms with Crippen molar-refractivity contribution in [3.05, 3.63) is 29.3 Å². The van der Waals surface area contributed by atoms with Crippen LogP contribution in [0.2, 0.25) is 0 Å². The molecule has 1 aromatic rings. The van der Waals surface area contributed by atoms with Gasteiger partial charge < -0.3 is 9.64 Å². The minimum atomic E-state index is -0.605. The van der Waals surface area contributed by atoms with Crippen molar-refractivity contribution >= 4 is 17.7 Å². The second-order valence-electron chi connectivity index (χ2n) is 11.0. The molecule has 6 rings (SSSR count). The molecule has 1 aromatic carbocycles. The number of nitrogens with zero attached hydrogens (tertiary/aromatic N) is 3. The van der Waals surface area contributed by atoms with E-state index in [0.717, 1.165) is 56.5 Å². The van der Waals surface area contributed by atoms with Gasteiger partial charge in [-0.3, -0.25) is 24.6 Å². The van der Waals surface area contributed by atoms with Crippen LogP contribution in [0.4, 0.5) is 0 Å². The number of benzene rings is 1. The van der Waals surface area contributed by atoms with Crippen LogP contribution in [-0.2, 0) is 16.1 Å². The molecule has 0 aromatic heterocycles. The fraction of sp³-hybridized carbons (Fsp3) is 0.630. The number of hydrogen-bond donors (Lipinski definition) is 1. The first-order valence-electron chi connectivity index (χ1n) is 13.1. The summed E-state index contributed by atoms with van der Waals surface area (Å²) in [4.78, 5) is 40.9. The third-order valence-corrected chi connectivity index (χ3v) is 9.08. The monoisotopic (exact) mass is 476 g/mol. The van der Waals surface area contributed by atoms with Crippen molar-refractivity contribution in [1.82, 2.24) is 15.1 Å². The summed E-state index contributed by atoms with van der Waals surface area (Å²) in [6.07, 6.45) is 8.47. The van der Waals surface area contributed by atoms with Gasteiger partial charge in [-0.2, -0.15) is 5.26 Å². The number of rotatable bonds is 5. The van der Waals surface area contributed by atoms with Crippen molar-refractivity contribution in [2.75, 3.05) is 13.1 Å². The predicted octanol–water partition coefficient (Wildman–Crippen LogP) is 2.76. The molecule has 4 fully saturated rings. The van der Waals surface area contributed by atoms with E-state index in [1.165, 1.54) is 12.8 Å². The van der Waals surface area contributed by atoms with E-state index in [0.29, 0.717) is 30.5 Å². The number of carbonyl (C=O) groups is 3. The van der Waals surface area contributed by atoms with Crippen LogP contribution in [0, 0.1) is 22.7 Å². The Bertz CT molecular complexity index is 1100. The molecule has 1 unspecified atom stereocenters. The Hall–Kier alpha value is -2.92. The standard InChI is InChI=1S/C27H32N4O4/c28-16-27(10-3-11-27)18-14-30(15-18)21-4-1-2-5-23(21)35-19-6-7-20-17(12-19)13-31(26(20)34)22-8-9-24(32)29-25(22)33/h6-7,12,18,21-23H,1-5,8-11,13-15H2,(H,29,32,33)/t21-,22?,23-/m1/s1. The number of carbonyl (C=O) groups excluding carboxylic acids is 3. The summed E-state index contributed by atoms with van der Waals surface area (Å²) in [6, 6.07) is 8.01. The van der Waals surface area contributed by atoms with Gasteiger partial charge in [0.2, 0.25) is 11.8 Å². The SMILES string of the molecule is N#CC1(C2CN([C@@H]3CCCC[C@H]3Oc3ccc4c(c3)CN(C3CCC(=O)NC3=O)C4=O)C2)CCC1. The quantitative estimate of drug-likeness (QED) is 0.656. The van der Waals surface area contributed by atoms with Gasteiger partial charge in [-0.15, -0.1) is 0 Å². The van der Waals surface area contributed by atoms with Gasteiger partial charge in [0, 0.05) is 43.6 Å². The van der Waals surface area contributed by atoms with Crippen molar-refractivity contribution in [3.8, 4) is 11.8 Å². The van der Waals surface area contributed by atoms with Crippen LogP contribution in [-0.4, -0.2) is 58.8 Å². The number of nitrogens with one attached hydrogen (secondary N) is 1. The molecule has 3 heterocycles. The van der Waals surface area contributed by atoms with Crippen molar-refractivity contribution in [2.45, 2.75) is 82.5 Å². The lowest BCUT2D eigenvalue weighted by Gasteiger charge is -2.55. The summed E-state index contributed by atoms with van der Waals surface area (Å²) in [6.45, 7) is 2.35. The maximum atomic E-state index is 13.0. The Morgan fingerprint density at radius 3 is 2.57 bits per heavy atom. The Kier molecular flexibility index (Phi) is 5.56. The Labute approximate surface area is 205 Å². The first-order chi connectivity index (χ1) is 17.0. The van der Waals surface area contributed by atoms with E-state index >= 15 is 0 Å². The summed E-state index contributed by atoms with van der Waals surface area (Å²) < 4.78 is 6.53. The minimum Gasteiger partial charge on any atom is -0.489 e. The molecule has 0 spiro atoms. The molecule has 35 heavy (non-hydrogen) atoms. The fourth-order valence-corrected chi connectivity index (χ4v) is 6.73. The minimum absolute atomic E-state index is 0.0809. The lowest BCUT2D eigenvalue weighted by atomic mass is 9.59. The Morgan fingerprint density at radius 1 is 1.06 bits per heavy atom. The molecule has 1 N–H and O–H groups in total. The number of ether oxygens (including phenoxy) is 1. The first-order valence-corrected chi connectivity index (χ1v) is 13.1. The molecule has 184 valence electrons. The van der Waals surface area contributed by atoms with Gasteiger partial charge in [0.05, 0.1) is 11.5 Å². The molecular formula is C27H32N4O4.